The standard InChI is InChI=1S/C19H34N8O.HI/c1-3-17-23-22-16-27(17)10-7-21-19(20-2)26-13-11-24(12-14-26)15-18(28)25-8-5-4-6-9-25;/h16H,3-15H2,1-2H3,(H,20,21);1H. The number of carbonyl (C=O) groups excluding carboxylic acids is 1. The van der Waals surface area contributed by atoms with E-state index in [0.717, 1.165) is 83.4 Å². The van der Waals surface area contributed by atoms with Crippen LogP contribution >= 0.6 is 24.0 Å². The largest absolute Gasteiger partial charge is 0.354 e. The summed E-state index contributed by atoms with van der Waals surface area (Å²) in [6, 6.07) is 0. The molecule has 0 saturated carbocycles. The van der Waals surface area contributed by atoms with Gasteiger partial charge in [-0.2, -0.15) is 0 Å². The zero-order valence-electron chi connectivity index (χ0n) is 17.7. The third-order valence-electron chi connectivity index (χ3n) is 5.60. The van der Waals surface area contributed by atoms with Crippen LogP contribution in [0.15, 0.2) is 11.3 Å². The lowest BCUT2D eigenvalue weighted by Crippen LogP contribution is -2.54. The van der Waals surface area contributed by atoms with E-state index in [1.54, 1.807) is 6.33 Å². The monoisotopic (exact) mass is 518 g/mol. The molecule has 10 heteroatoms. The van der Waals surface area contributed by atoms with Gasteiger partial charge in [-0.05, 0) is 19.3 Å². The Hall–Kier alpha value is -1.43. The summed E-state index contributed by atoms with van der Waals surface area (Å²) in [7, 11) is 1.82. The number of aryl methyl sites for hydroxylation is 1. The Kier molecular flexibility index (Phi) is 10.1. The molecule has 0 aliphatic carbocycles. The molecule has 0 spiro atoms. The number of guanidine groups is 1. The molecule has 0 aromatic carbocycles. The first-order valence-electron chi connectivity index (χ1n) is 10.5. The molecule has 1 aromatic rings. The van der Waals surface area contributed by atoms with Crippen molar-refractivity contribution in [3.63, 3.8) is 0 Å². The molecule has 0 radical (unpaired) electrons. The second-order valence-electron chi connectivity index (χ2n) is 7.47. The third-order valence-corrected chi connectivity index (χ3v) is 5.60. The van der Waals surface area contributed by atoms with Crippen LogP contribution in [-0.4, -0.2) is 101 Å². The number of amides is 1. The van der Waals surface area contributed by atoms with Crippen molar-refractivity contribution in [3.05, 3.63) is 12.2 Å². The molecule has 3 heterocycles. The van der Waals surface area contributed by atoms with Crippen molar-refractivity contribution in [1.29, 1.82) is 0 Å². The number of aromatic nitrogens is 3. The maximum atomic E-state index is 12.5. The molecular formula is C19H35IN8O. The van der Waals surface area contributed by atoms with E-state index >= 15 is 0 Å². The smallest absolute Gasteiger partial charge is 0.236 e. The Morgan fingerprint density at radius 3 is 2.48 bits per heavy atom. The van der Waals surface area contributed by atoms with Crippen molar-refractivity contribution < 1.29 is 4.79 Å². The minimum absolute atomic E-state index is 0. The lowest BCUT2D eigenvalue weighted by Gasteiger charge is -2.37. The van der Waals surface area contributed by atoms with Crippen LogP contribution in [0.4, 0.5) is 0 Å². The van der Waals surface area contributed by atoms with Gasteiger partial charge in [0.25, 0.3) is 0 Å². The van der Waals surface area contributed by atoms with Gasteiger partial charge in [0.1, 0.15) is 12.2 Å². The molecule has 1 N–H and O–H groups in total. The summed E-state index contributed by atoms with van der Waals surface area (Å²) in [5.41, 5.74) is 0. The average Bonchev–Trinajstić information content (AvgIpc) is 3.20. The van der Waals surface area contributed by atoms with E-state index in [1.165, 1.54) is 6.42 Å². The van der Waals surface area contributed by atoms with Crippen molar-refractivity contribution in [1.82, 2.24) is 34.8 Å². The Labute approximate surface area is 190 Å². The summed E-state index contributed by atoms with van der Waals surface area (Å²) >= 11 is 0. The van der Waals surface area contributed by atoms with Gasteiger partial charge >= 0.3 is 0 Å². The van der Waals surface area contributed by atoms with E-state index in [1.807, 2.05) is 11.9 Å². The van der Waals surface area contributed by atoms with Gasteiger partial charge in [-0.25, -0.2) is 0 Å². The van der Waals surface area contributed by atoms with Crippen LogP contribution in [-0.2, 0) is 17.8 Å². The fourth-order valence-corrected chi connectivity index (χ4v) is 3.91. The summed E-state index contributed by atoms with van der Waals surface area (Å²) in [6.07, 6.45) is 6.22. The first-order chi connectivity index (χ1) is 13.7. The van der Waals surface area contributed by atoms with Crippen molar-refractivity contribution >= 4 is 35.8 Å². The SMILES string of the molecule is CCc1nncn1CCNC(=NC)N1CCN(CC(=O)N2CCCCC2)CC1.I. The van der Waals surface area contributed by atoms with Gasteiger partial charge in [-0.3, -0.25) is 14.7 Å². The number of carbonyl (C=O) groups is 1. The van der Waals surface area contributed by atoms with Crippen LogP contribution in [0.5, 0.6) is 0 Å². The first kappa shape index (κ1) is 23.8. The molecule has 3 rings (SSSR count). The van der Waals surface area contributed by atoms with Crippen LogP contribution < -0.4 is 5.32 Å². The van der Waals surface area contributed by atoms with Crippen LogP contribution in [0.1, 0.15) is 32.0 Å². The summed E-state index contributed by atoms with van der Waals surface area (Å²) in [6.45, 7) is 9.67. The number of hydrogen-bond donors (Lipinski definition) is 1. The van der Waals surface area contributed by atoms with Gasteiger partial charge in [0.15, 0.2) is 5.96 Å². The summed E-state index contributed by atoms with van der Waals surface area (Å²) in [5.74, 6) is 2.22. The molecule has 0 atom stereocenters. The number of nitrogens with zero attached hydrogens (tertiary/aromatic N) is 7. The van der Waals surface area contributed by atoms with Crippen molar-refractivity contribution in [3.8, 4) is 0 Å². The number of hydrogen-bond acceptors (Lipinski definition) is 5. The topological polar surface area (TPSA) is 81.9 Å². The van der Waals surface area contributed by atoms with Gasteiger partial charge in [0, 0.05) is 65.8 Å². The lowest BCUT2D eigenvalue weighted by atomic mass is 10.1. The predicted molar refractivity (Wildman–Crippen MR) is 125 cm³/mol. The summed E-state index contributed by atoms with van der Waals surface area (Å²) in [4.78, 5) is 23.5. The third kappa shape index (κ3) is 6.80. The highest BCUT2D eigenvalue weighted by molar-refractivity contribution is 14.0. The number of halogens is 1. The Morgan fingerprint density at radius 2 is 1.83 bits per heavy atom. The molecule has 1 amide bonds. The van der Waals surface area contributed by atoms with Gasteiger partial charge in [-0.15, -0.1) is 34.2 Å². The van der Waals surface area contributed by atoms with E-state index in [9.17, 15) is 4.79 Å². The van der Waals surface area contributed by atoms with E-state index in [2.05, 4.69) is 41.8 Å². The highest BCUT2D eigenvalue weighted by Gasteiger charge is 2.24. The van der Waals surface area contributed by atoms with E-state index in [0.29, 0.717) is 6.54 Å². The molecule has 2 saturated heterocycles. The van der Waals surface area contributed by atoms with Gasteiger partial charge < -0.3 is 19.7 Å². The molecule has 1 aromatic heterocycles. The number of likely N-dealkylation sites (tertiary alicyclic amines) is 1. The van der Waals surface area contributed by atoms with Crippen LogP contribution in [0.25, 0.3) is 0 Å². The minimum Gasteiger partial charge on any atom is -0.354 e. The maximum Gasteiger partial charge on any atom is 0.236 e. The quantitative estimate of drug-likeness (QED) is 0.339. The van der Waals surface area contributed by atoms with Crippen LogP contribution in [0.3, 0.4) is 0 Å². The van der Waals surface area contributed by atoms with Crippen molar-refractivity contribution in [2.75, 3.05) is 59.4 Å². The first-order valence-corrected chi connectivity index (χ1v) is 10.5. The van der Waals surface area contributed by atoms with Gasteiger partial charge in [0.05, 0.1) is 6.54 Å². The number of piperidine rings is 1. The normalized spacial score (nSPS) is 18.5. The molecule has 29 heavy (non-hydrogen) atoms. The second kappa shape index (κ2) is 12.3. The highest BCUT2D eigenvalue weighted by Crippen LogP contribution is 2.10. The summed E-state index contributed by atoms with van der Waals surface area (Å²) < 4.78 is 2.07. The number of nitrogens with one attached hydrogen (secondary N) is 1. The minimum atomic E-state index is 0. The average molecular weight is 518 g/mol. The molecule has 9 nitrogen and oxygen atoms in total. The lowest BCUT2D eigenvalue weighted by molar-refractivity contribution is -0.133. The molecular weight excluding hydrogens is 483 g/mol. The number of aliphatic imine (C=N–C) groups is 1. The fraction of sp³-hybridized carbons (Fsp3) is 0.789. The van der Waals surface area contributed by atoms with Crippen LogP contribution in [0.2, 0.25) is 0 Å². The molecule has 0 unspecified atom stereocenters. The number of piperazine rings is 1. The zero-order valence-corrected chi connectivity index (χ0v) is 20.0. The van der Waals surface area contributed by atoms with Crippen molar-refractivity contribution in [2.24, 2.45) is 4.99 Å². The molecule has 2 fully saturated rings. The Balaban J connectivity index is 0.00000300. The van der Waals surface area contributed by atoms with E-state index in [-0.39, 0.29) is 29.9 Å². The fourth-order valence-electron chi connectivity index (χ4n) is 3.91. The highest BCUT2D eigenvalue weighted by atomic mass is 127. The second-order valence-corrected chi connectivity index (χ2v) is 7.47. The molecule has 2 aliphatic rings. The Bertz CT molecular complexity index is 650. The van der Waals surface area contributed by atoms with Gasteiger partial charge in [0.2, 0.25) is 5.91 Å². The van der Waals surface area contributed by atoms with E-state index < -0.39 is 0 Å². The maximum absolute atomic E-state index is 12.5. The Morgan fingerprint density at radius 1 is 1.10 bits per heavy atom. The molecule has 164 valence electrons. The van der Waals surface area contributed by atoms with E-state index in [4.69, 9.17) is 0 Å². The zero-order chi connectivity index (χ0) is 19.8. The molecule has 2 aliphatic heterocycles. The predicted octanol–water partition coefficient (Wildman–Crippen LogP) is 0.664. The van der Waals surface area contributed by atoms with Crippen LogP contribution in [0, 0.1) is 0 Å². The van der Waals surface area contributed by atoms with Gasteiger partial charge in [-0.1, -0.05) is 6.92 Å². The van der Waals surface area contributed by atoms with Crippen molar-refractivity contribution in [2.45, 2.75) is 39.2 Å². The number of rotatable bonds is 6. The molecule has 0 bridgehead atoms. The summed E-state index contributed by atoms with van der Waals surface area (Å²) in [5, 5.41) is 11.5.